The quantitative estimate of drug-likeness (QED) is 0.618. The number of anilines is 1. The lowest BCUT2D eigenvalue weighted by molar-refractivity contribution is 0.598. The summed E-state index contributed by atoms with van der Waals surface area (Å²) < 4.78 is 22.5. The van der Waals surface area contributed by atoms with Gasteiger partial charge in [-0.1, -0.05) is 18.2 Å². The number of benzene rings is 1. The maximum Gasteiger partial charge on any atom is 0.149 e. The largest absolute Gasteiger partial charge is 0.381 e. The van der Waals surface area contributed by atoms with Crippen LogP contribution in [0.2, 0.25) is 0 Å². The summed E-state index contributed by atoms with van der Waals surface area (Å²) >= 11 is 1.68. The van der Waals surface area contributed by atoms with Gasteiger partial charge in [0.1, 0.15) is 9.84 Å². The van der Waals surface area contributed by atoms with E-state index in [1.54, 1.807) is 11.8 Å². The third-order valence-electron chi connectivity index (χ3n) is 2.20. The van der Waals surface area contributed by atoms with E-state index in [-0.39, 0.29) is 11.8 Å². The van der Waals surface area contributed by atoms with E-state index >= 15 is 0 Å². The van der Waals surface area contributed by atoms with Gasteiger partial charge in [0.2, 0.25) is 0 Å². The summed E-state index contributed by atoms with van der Waals surface area (Å²) in [7, 11) is -2.96. The van der Waals surface area contributed by atoms with Gasteiger partial charge in [-0.15, -0.1) is 18.3 Å². The molecule has 1 aromatic rings. The summed E-state index contributed by atoms with van der Waals surface area (Å²) in [6.45, 7) is 5.57. The van der Waals surface area contributed by atoms with Crippen molar-refractivity contribution in [1.82, 2.24) is 0 Å². The second kappa shape index (κ2) is 6.85. The molecule has 0 bridgehead atoms. The minimum atomic E-state index is -2.96. The molecule has 0 spiro atoms. The van der Waals surface area contributed by atoms with Crippen molar-refractivity contribution in [2.75, 3.05) is 23.1 Å². The van der Waals surface area contributed by atoms with Crippen LogP contribution in [0, 0.1) is 0 Å². The van der Waals surface area contributed by atoms with E-state index in [2.05, 4.69) is 11.9 Å². The maximum absolute atomic E-state index is 11.2. The predicted molar refractivity (Wildman–Crippen MR) is 80.2 cm³/mol. The Balaban J connectivity index is 2.74. The Morgan fingerprint density at radius 2 is 2.11 bits per heavy atom. The highest BCUT2D eigenvalue weighted by molar-refractivity contribution is 7.99. The smallest absolute Gasteiger partial charge is 0.149 e. The van der Waals surface area contributed by atoms with E-state index in [4.69, 9.17) is 0 Å². The third-order valence-corrected chi connectivity index (χ3v) is 4.37. The lowest BCUT2D eigenvalue weighted by atomic mass is 10.3. The Hall–Kier alpha value is -0.940. The Bertz CT molecular complexity index is 497. The van der Waals surface area contributed by atoms with Crippen LogP contribution in [0.25, 0.3) is 0 Å². The van der Waals surface area contributed by atoms with Crippen LogP contribution < -0.4 is 5.32 Å². The van der Waals surface area contributed by atoms with Gasteiger partial charge in [0, 0.05) is 28.6 Å². The topological polar surface area (TPSA) is 46.2 Å². The van der Waals surface area contributed by atoms with E-state index in [1.807, 2.05) is 37.3 Å². The Morgan fingerprint density at radius 1 is 1.44 bits per heavy atom. The standard InChI is InChI=1S/C13H19NO2S2/c1-4-9-17-13-8-6-5-7-12(13)14-11(2)10-18(3,15)16/h4-8,11,14H,1,9-10H2,2-3H3. The van der Waals surface area contributed by atoms with Gasteiger partial charge in [-0.3, -0.25) is 0 Å². The highest BCUT2D eigenvalue weighted by Crippen LogP contribution is 2.27. The first-order valence-corrected chi connectivity index (χ1v) is 8.74. The molecule has 1 N–H and O–H groups in total. The number of rotatable bonds is 7. The second-order valence-corrected chi connectivity index (χ2v) is 7.48. The van der Waals surface area contributed by atoms with Crippen LogP contribution in [-0.2, 0) is 9.84 Å². The molecule has 0 fully saturated rings. The number of hydrogen-bond acceptors (Lipinski definition) is 4. The fourth-order valence-electron chi connectivity index (χ4n) is 1.62. The van der Waals surface area contributed by atoms with Gasteiger partial charge in [0.15, 0.2) is 0 Å². The molecule has 0 saturated heterocycles. The zero-order valence-corrected chi connectivity index (χ0v) is 12.4. The number of thioether (sulfide) groups is 1. The molecule has 3 nitrogen and oxygen atoms in total. The summed E-state index contributed by atoms with van der Waals surface area (Å²) in [5, 5.41) is 3.24. The van der Waals surface area contributed by atoms with Gasteiger partial charge in [0.05, 0.1) is 5.75 Å². The first kappa shape index (κ1) is 15.1. The number of para-hydroxylation sites is 1. The lowest BCUT2D eigenvalue weighted by Gasteiger charge is -2.16. The van der Waals surface area contributed by atoms with Crippen LogP contribution in [0.5, 0.6) is 0 Å². The molecule has 0 aliphatic heterocycles. The van der Waals surface area contributed by atoms with Gasteiger partial charge in [-0.25, -0.2) is 8.42 Å². The molecule has 0 aromatic heterocycles. The van der Waals surface area contributed by atoms with Gasteiger partial charge in [0.25, 0.3) is 0 Å². The molecule has 0 aliphatic carbocycles. The van der Waals surface area contributed by atoms with Crippen molar-refractivity contribution in [1.29, 1.82) is 0 Å². The minimum Gasteiger partial charge on any atom is -0.381 e. The Labute approximate surface area is 114 Å². The van der Waals surface area contributed by atoms with Crippen LogP contribution in [-0.4, -0.2) is 32.2 Å². The monoisotopic (exact) mass is 285 g/mol. The highest BCUT2D eigenvalue weighted by atomic mass is 32.2. The first-order valence-electron chi connectivity index (χ1n) is 5.69. The van der Waals surface area contributed by atoms with Crippen molar-refractivity contribution in [2.24, 2.45) is 0 Å². The van der Waals surface area contributed by atoms with Gasteiger partial charge < -0.3 is 5.32 Å². The highest BCUT2D eigenvalue weighted by Gasteiger charge is 2.11. The maximum atomic E-state index is 11.2. The first-order chi connectivity index (χ1) is 8.42. The van der Waals surface area contributed by atoms with Gasteiger partial charge in [-0.05, 0) is 19.1 Å². The average Bonchev–Trinajstić information content (AvgIpc) is 2.25. The molecule has 5 heteroatoms. The van der Waals surface area contributed by atoms with Gasteiger partial charge in [-0.2, -0.15) is 0 Å². The molecule has 1 unspecified atom stereocenters. The van der Waals surface area contributed by atoms with Crippen LogP contribution in [0.15, 0.2) is 41.8 Å². The van der Waals surface area contributed by atoms with Crippen molar-refractivity contribution < 1.29 is 8.42 Å². The van der Waals surface area contributed by atoms with E-state index in [0.717, 1.165) is 16.3 Å². The SMILES string of the molecule is C=CCSc1ccccc1NC(C)CS(C)(=O)=O. The molecular weight excluding hydrogens is 266 g/mol. The third kappa shape index (κ3) is 5.60. The predicted octanol–water partition coefficient (Wildman–Crippen LogP) is 2.81. The van der Waals surface area contributed by atoms with Crippen LogP contribution >= 0.6 is 11.8 Å². The summed E-state index contributed by atoms with van der Waals surface area (Å²) in [5.41, 5.74) is 0.973. The van der Waals surface area contributed by atoms with Crippen LogP contribution in [0.3, 0.4) is 0 Å². The summed E-state index contributed by atoms with van der Waals surface area (Å²) in [4.78, 5) is 1.11. The fourth-order valence-corrected chi connectivity index (χ4v) is 3.37. The summed E-state index contributed by atoms with van der Waals surface area (Å²) in [5.74, 6) is 0.965. The normalized spacial score (nSPS) is 13.0. The molecule has 100 valence electrons. The Kier molecular flexibility index (Phi) is 5.75. The van der Waals surface area contributed by atoms with Crippen molar-refractivity contribution in [2.45, 2.75) is 17.9 Å². The molecule has 1 aromatic carbocycles. The second-order valence-electron chi connectivity index (χ2n) is 4.23. The number of sulfone groups is 1. The summed E-state index contributed by atoms with van der Waals surface area (Å²) in [6.07, 6.45) is 3.10. The van der Waals surface area contributed by atoms with Crippen LogP contribution in [0.4, 0.5) is 5.69 Å². The molecule has 0 amide bonds. The van der Waals surface area contributed by atoms with Crippen LogP contribution in [0.1, 0.15) is 6.92 Å². The van der Waals surface area contributed by atoms with Crippen molar-refractivity contribution in [3.05, 3.63) is 36.9 Å². The number of hydrogen-bond donors (Lipinski definition) is 1. The van der Waals surface area contributed by atoms with E-state index in [9.17, 15) is 8.42 Å². The fraction of sp³-hybridized carbons (Fsp3) is 0.385. The molecule has 0 radical (unpaired) electrons. The molecule has 1 rings (SSSR count). The molecule has 0 saturated carbocycles. The van der Waals surface area contributed by atoms with E-state index < -0.39 is 9.84 Å². The van der Waals surface area contributed by atoms with E-state index in [0.29, 0.717) is 0 Å². The Morgan fingerprint density at radius 3 is 2.72 bits per heavy atom. The molecule has 1 atom stereocenters. The lowest BCUT2D eigenvalue weighted by Crippen LogP contribution is -2.25. The van der Waals surface area contributed by atoms with Gasteiger partial charge >= 0.3 is 0 Å². The van der Waals surface area contributed by atoms with Crippen molar-refractivity contribution in [3.63, 3.8) is 0 Å². The molecule has 0 heterocycles. The molecule has 0 aliphatic rings. The minimum absolute atomic E-state index is 0.106. The van der Waals surface area contributed by atoms with E-state index in [1.165, 1.54) is 6.26 Å². The zero-order valence-electron chi connectivity index (χ0n) is 10.7. The molecule has 18 heavy (non-hydrogen) atoms. The van der Waals surface area contributed by atoms with Crippen molar-refractivity contribution in [3.8, 4) is 0 Å². The average molecular weight is 285 g/mol. The summed E-state index contributed by atoms with van der Waals surface area (Å²) in [6, 6.07) is 7.78. The number of nitrogens with one attached hydrogen (secondary N) is 1. The molecular formula is C13H19NO2S2. The van der Waals surface area contributed by atoms with Crippen molar-refractivity contribution >= 4 is 27.3 Å². The zero-order chi connectivity index (χ0) is 13.6.